The molecule has 1 aromatic heterocycles. The van der Waals surface area contributed by atoms with E-state index in [1.165, 1.54) is 0 Å². The van der Waals surface area contributed by atoms with E-state index in [0.717, 1.165) is 87.6 Å². The highest BCUT2D eigenvalue weighted by atomic mass is 16.3. The Bertz CT molecular complexity index is 3070. The third-order valence-corrected chi connectivity index (χ3v) is 9.74. The Kier molecular flexibility index (Phi) is 5.20. The van der Waals surface area contributed by atoms with E-state index >= 15 is 0 Å². The summed E-state index contributed by atoms with van der Waals surface area (Å²) in [6, 6.07) is 50.8. The fraction of sp³-hybridized carbons (Fsp3) is 0. The Morgan fingerprint density at radius 2 is 0.980 bits per heavy atom. The first-order valence-electron chi connectivity index (χ1n) is 18.9. The van der Waals surface area contributed by atoms with Crippen LogP contribution in [0.4, 0.5) is 0 Å². The van der Waals surface area contributed by atoms with Crippen LogP contribution in [0.15, 0.2) is 186 Å². The Morgan fingerprint density at radius 3 is 1.69 bits per heavy atom. The smallest absolute Gasteiger partial charge is 0.143 e. The minimum Gasteiger partial charge on any atom is -0.455 e. The normalized spacial score (nSPS) is 13.1. The zero-order valence-corrected chi connectivity index (χ0v) is 26.3. The van der Waals surface area contributed by atoms with Crippen molar-refractivity contribution in [1.82, 2.24) is 0 Å². The first-order chi connectivity index (χ1) is 26.4. The maximum atomic E-state index is 8.62. The fourth-order valence-electron chi connectivity index (χ4n) is 7.59. The molecule has 1 nitrogen and oxygen atoms in total. The van der Waals surface area contributed by atoms with E-state index < -0.39 is 6.04 Å². The quantitative estimate of drug-likeness (QED) is 0.177. The highest BCUT2D eigenvalue weighted by Gasteiger charge is 2.18. The van der Waals surface area contributed by atoms with E-state index in [1.807, 2.05) is 42.5 Å². The van der Waals surface area contributed by atoms with Crippen LogP contribution < -0.4 is 0 Å². The molecule has 49 heavy (non-hydrogen) atoms. The van der Waals surface area contributed by atoms with Gasteiger partial charge >= 0.3 is 0 Å². The molecule has 0 unspecified atom stereocenters. The van der Waals surface area contributed by atoms with E-state index in [9.17, 15) is 0 Å². The summed E-state index contributed by atoms with van der Waals surface area (Å²) < 4.78 is 48.3. The van der Waals surface area contributed by atoms with Crippen molar-refractivity contribution in [1.29, 1.82) is 0 Å². The second-order valence-corrected chi connectivity index (χ2v) is 12.4. The van der Waals surface area contributed by atoms with Gasteiger partial charge in [0.05, 0.1) is 6.85 Å². The number of hydrogen-bond donors (Lipinski definition) is 0. The number of benzene rings is 9. The summed E-state index contributed by atoms with van der Waals surface area (Å²) in [6.45, 7) is 0. The lowest BCUT2D eigenvalue weighted by atomic mass is 9.85. The molecular formula is C48H30O. The van der Waals surface area contributed by atoms with Crippen LogP contribution in [-0.2, 0) is 0 Å². The largest absolute Gasteiger partial charge is 0.455 e. The van der Waals surface area contributed by atoms with Gasteiger partial charge in [0.2, 0.25) is 0 Å². The topological polar surface area (TPSA) is 13.1 Å². The Labute approximate surface area is 291 Å². The number of furan rings is 1. The number of rotatable bonds is 4. The molecule has 228 valence electrons. The monoisotopic (exact) mass is 627 g/mol. The molecule has 0 aliphatic carbocycles. The molecule has 10 aromatic rings. The summed E-state index contributed by atoms with van der Waals surface area (Å²) in [7, 11) is 0. The van der Waals surface area contributed by atoms with Crippen molar-refractivity contribution in [2.24, 2.45) is 0 Å². The lowest BCUT2D eigenvalue weighted by Gasteiger charge is -2.18. The minimum absolute atomic E-state index is 0.195. The predicted molar refractivity (Wildman–Crippen MR) is 208 cm³/mol. The molecule has 0 N–H and O–H groups in total. The van der Waals surface area contributed by atoms with E-state index in [1.54, 1.807) is 0 Å². The molecular weight excluding hydrogens is 593 g/mol. The summed E-state index contributed by atoms with van der Waals surface area (Å²) >= 11 is 0. The van der Waals surface area contributed by atoms with Crippen LogP contribution in [0.1, 0.15) is 6.85 Å². The van der Waals surface area contributed by atoms with Crippen molar-refractivity contribution >= 4 is 54.3 Å². The summed E-state index contributed by atoms with van der Waals surface area (Å²) in [5.74, 6) is 0. The second-order valence-electron chi connectivity index (χ2n) is 12.4. The molecule has 0 radical (unpaired) electrons. The average molecular weight is 628 g/mol. The van der Waals surface area contributed by atoms with E-state index in [0.29, 0.717) is 5.56 Å². The van der Waals surface area contributed by atoms with Gasteiger partial charge in [0, 0.05) is 16.2 Å². The van der Waals surface area contributed by atoms with Crippen LogP contribution in [0.25, 0.3) is 98.8 Å². The molecule has 9 aromatic carbocycles. The number of fused-ring (bicyclic) bond motifs is 7. The van der Waals surface area contributed by atoms with Crippen molar-refractivity contribution in [3.63, 3.8) is 0 Å². The third-order valence-electron chi connectivity index (χ3n) is 9.74. The van der Waals surface area contributed by atoms with Crippen LogP contribution in [-0.4, -0.2) is 0 Å². The van der Waals surface area contributed by atoms with E-state index in [4.69, 9.17) is 11.3 Å². The maximum Gasteiger partial charge on any atom is 0.143 e. The Balaban J connectivity index is 1.14. The third kappa shape index (κ3) is 4.40. The van der Waals surface area contributed by atoms with Crippen LogP contribution in [0.3, 0.4) is 0 Å². The molecule has 1 heteroatoms. The van der Waals surface area contributed by atoms with Gasteiger partial charge in [-0.25, -0.2) is 0 Å². The molecule has 10 rings (SSSR count). The SMILES string of the molecule is [2H]c1c([2H])c([2H])c(-c2cccc(-c3c4ccccc4c(-c4ccc(-c5cccc6oc7c8ccccc8ccc7c56)cc4)c4ccccc34)c2)c([2H])c1[2H]. The lowest BCUT2D eigenvalue weighted by molar-refractivity contribution is 0.673. The van der Waals surface area contributed by atoms with Crippen LogP contribution in [0, 0.1) is 0 Å². The van der Waals surface area contributed by atoms with Crippen molar-refractivity contribution in [3.8, 4) is 44.5 Å². The second kappa shape index (κ2) is 11.1. The van der Waals surface area contributed by atoms with E-state index in [-0.39, 0.29) is 29.7 Å². The van der Waals surface area contributed by atoms with Crippen molar-refractivity contribution in [2.75, 3.05) is 0 Å². The molecule has 0 aliphatic heterocycles. The molecule has 0 saturated carbocycles. The van der Waals surface area contributed by atoms with Crippen LogP contribution in [0.2, 0.25) is 0 Å². The minimum atomic E-state index is -0.397. The zero-order valence-electron chi connectivity index (χ0n) is 31.3. The highest BCUT2D eigenvalue weighted by molar-refractivity contribution is 6.22. The molecule has 0 amide bonds. The fourth-order valence-corrected chi connectivity index (χ4v) is 7.59. The Morgan fingerprint density at radius 1 is 0.388 bits per heavy atom. The first-order valence-corrected chi connectivity index (χ1v) is 16.4. The molecule has 0 fully saturated rings. The lowest BCUT2D eigenvalue weighted by Crippen LogP contribution is -1.91. The maximum absolute atomic E-state index is 8.62. The van der Waals surface area contributed by atoms with Gasteiger partial charge in [0.25, 0.3) is 0 Å². The van der Waals surface area contributed by atoms with Gasteiger partial charge in [-0.3, -0.25) is 0 Å². The van der Waals surface area contributed by atoms with Gasteiger partial charge in [0.1, 0.15) is 11.2 Å². The first kappa shape index (κ1) is 23.0. The van der Waals surface area contributed by atoms with Gasteiger partial charge in [-0.1, -0.05) is 164 Å². The molecule has 0 atom stereocenters. The van der Waals surface area contributed by atoms with Crippen molar-refractivity contribution < 1.29 is 11.3 Å². The van der Waals surface area contributed by atoms with Crippen LogP contribution >= 0.6 is 0 Å². The summed E-state index contributed by atoms with van der Waals surface area (Å²) in [4.78, 5) is 0. The zero-order chi connectivity index (χ0) is 36.7. The van der Waals surface area contributed by atoms with Gasteiger partial charge in [-0.05, 0) is 89.6 Å². The van der Waals surface area contributed by atoms with E-state index in [2.05, 4.69) is 109 Å². The van der Waals surface area contributed by atoms with Gasteiger partial charge in [-0.15, -0.1) is 0 Å². The average Bonchev–Trinajstić information content (AvgIpc) is 3.61. The van der Waals surface area contributed by atoms with Crippen LogP contribution in [0.5, 0.6) is 0 Å². The molecule has 1 heterocycles. The summed E-state index contributed by atoms with van der Waals surface area (Å²) in [5, 5.41) is 8.80. The summed E-state index contributed by atoms with van der Waals surface area (Å²) in [5.41, 5.74) is 8.94. The van der Waals surface area contributed by atoms with Crippen molar-refractivity contribution in [3.05, 3.63) is 182 Å². The number of hydrogen-bond acceptors (Lipinski definition) is 1. The highest BCUT2D eigenvalue weighted by Crippen LogP contribution is 2.45. The summed E-state index contributed by atoms with van der Waals surface area (Å²) in [6.07, 6.45) is 0. The molecule has 0 saturated heterocycles. The van der Waals surface area contributed by atoms with Gasteiger partial charge in [-0.2, -0.15) is 0 Å². The molecule has 0 spiro atoms. The molecule has 0 bridgehead atoms. The Hall–Kier alpha value is -6.44. The van der Waals surface area contributed by atoms with Gasteiger partial charge < -0.3 is 4.42 Å². The predicted octanol–water partition coefficient (Wildman–Crippen LogP) is 13.7. The molecule has 0 aliphatic rings. The van der Waals surface area contributed by atoms with Crippen molar-refractivity contribution in [2.45, 2.75) is 0 Å². The van der Waals surface area contributed by atoms with Gasteiger partial charge in [0.15, 0.2) is 0 Å². The standard InChI is InChI=1S/C48H30O/c1-2-12-31(13-3-1)35-15-10-16-36(30-35)46-41-20-8-6-18-39(41)45(40-19-7-9-21-42(40)46)34-26-24-33(25-27-34)37-22-11-23-44-47(37)43-29-28-32-14-4-5-17-38(32)48(43)49-44/h1-30H/i1D,2D,3D,12D,13D.